The molecule has 0 bridgehead atoms. The average Bonchev–Trinajstić information content (AvgIpc) is 3.05. The van der Waals surface area contributed by atoms with Crippen molar-refractivity contribution in [3.63, 3.8) is 0 Å². The minimum Gasteiger partial charge on any atom is -0.493 e. The average molecular weight is 690 g/mol. The number of benzene rings is 2. The van der Waals surface area contributed by atoms with E-state index < -0.39 is 17.7 Å². The number of nitrogens with zero attached hydrogens (tertiary/aromatic N) is 3. The first-order chi connectivity index (χ1) is 23.7. The van der Waals surface area contributed by atoms with E-state index in [4.69, 9.17) is 19.2 Å². The second kappa shape index (κ2) is 16.2. The lowest BCUT2D eigenvalue weighted by atomic mass is 9.81. The van der Waals surface area contributed by atoms with Gasteiger partial charge in [0.1, 0.15) is 11.6 Å². The van der Waals surface area contributed by atoms with Crippen molar-refractivity contribution in [1.29, 1.82) is 0 Å². The van der Waals surface area contributed by atoms with Gasteiger partial charge >= 0.3 is 5.97 Å². The molecule has 2 fully saturated rings. The number of aryl methyl sites for hydroxylation is 1. The van der Waals surface area contributed by atoms with Crippen LogP contribution in [0.3, 0.4) is 0 Å². The summed E-state index contributed by atoms with van der Waals surface area (Å²) in [5.74, 6) is 0.0171. The van der Waals surface area contributed by atoms with Gasteiger partial charge in [-0.3, -0.25) is 4.98 Å². The van der Waals surface area contributed by atoms with E-state index in [0.29, 0.717) is 36.7 Å². The van der Waals surface area contributed by atoms with Gasteiger partial charge in [-0.15, -0.1) is 0 Å². The molecule has 8 nitrogen and oxygen atoms in total. The second-order valence-corrected chi connectivity index (χ2v) is 15.9. The van der Waals surface area contributed by atoms with E-state index in [1.54, 1.807) is 12.1 Å². The predicted molar refractivity (Wildman–Crippen MR) is 196 cm³/mol. The molecule has 1 unspecified atom stereocenters. The number of pyridine rings is 1. The van der Waals surface area contributed by atoms with Crippen LogP contribution in [-0.2, 0) is 27.2 Å². The van der Waals surface area contributed by atoms with Gasteiger partial charge in [0.15, 0.2) is 6.10 Å². The molecule has 9 heteroatoms. The van der Waals surface area contributed by atoms with Gasteiger partial charge in [0.25, 0.3) is 0 Å². The molecule has 1 aromatic heterocycles. The fraction of sp³-hybridized carbons (Fsp3) is 0.561. The molecular formula is C41H56FN3O5. The number of carboxylic acid groups (broad SMARTS) is 1. The van der Waals surface area contributed by atoms with Crippen LogP contribution in [0.5, 0.6) is 5.75 Å². The Balaban J connectivity index is 1.57. The van der Waals surface area contributed by atoms with E-state index >= 15 is 0 Å². The zero-order valence-corrected chi connectivity index (χ0v) is 31.1. The largest absolute Gasteiger partial charge is 0.493 e. The molecule has 272 valence electrons. The van der Waals surface area contributed by atoms with Gasteiger partial charge < -0.3 is 29.1 Å². The third-order valence-corrected chi connectivity index (χ3v) is 9.91. The number of anilines is 1. The molecule has 2 aliphatic rings. The molecule has 2 aliphatic heterocycles. The molecule has 0 saturated carbocycles. The SMILES string of the molecule is Cc1nc(CN(C)CC2CCOCC2)c(-c2ccc(OCCc3ccc(F)cc3)cc2)c(N2CCC(C)(C)CC2)c1C(OC(C)(C)C)C(=O)O. The van der Waals surface area contributed by atoms with Crippen molar-refractivity contribution in [2.45, 2.75) is 91.9 Å². The standard InChI is InChI=1S/C41H56FN3O5/c1-28-35(38(39(46)47)50-40(2,3)4)37(45-21-19-41(5,6)20-22-45)36(34(43-28)27-44(7)26-30-16-23-48-24-17-30)31-10-14-33(15-11-31)49-25-18-29-8-12-32(42)13-9-29/h8-15,30,38H,16-27H2,1-7H3,(H,46,47). The number of aliphatic carboxylic acids is 1. The Kier molecular flexibility index (Phi) is 12.2. The van der Waals surface area contributed by atoms with Gasteiger partial charge in [0, 0.05) is 62.6 Å². The normalized spacial score (nSPS) is 17.6. The monoisotopic (exact) mass is 689 g/mol. The zero-order valence-electron chi connectivity index (χ0n) is 31.1. The number of piperidine rings is 1. The van der Waals surface area contributed by atoms with E-state index in [1.165, 1.54) is 12.1 Å². The van der Waals surface area contributed by atoms with Crippen molar-refractivity contribution in [2.24, 2.45) is 11.3 Å². The number of ether oxygens (including phenoxy) is 3. The number of aromatic nitrogens is 1. The van der Waals surface area contributed by atoms with Crippen molar-refractivity contribution in [1.82, 2.24) is 9.88 Å². The maximum atomic E-state index is 13.4. The summed E-state index contributed by atoms with van der Waals surface area (Å²) in [5, 5.41) is 10.7. The summed E-state index contributed by atoms with van der Waals surface area (Å²) < 4.78 is 31.4. The fourth-order valence-electron chi connectivity index (χ4n) is 7.09. The molecular weight excluding hydrogens is 633 g/mol. The highest BCUT2D eigenvalue weighted by Gasteiger charge is 2.37. The van der Waals surface area contributed by atoms with Gasteiger partial charge in [-0.05, 0) is 107 Å². The van der Waals surface area contributed by atoms with Crippen LogP contribution in [0.15, 0.2) is 48.5 Å². The maximum Gasteiger partial charge on any atom is 0.337 e. The summed E-state index contributed by atoms with van der Waals surface area (Å²) in [6, 6.07) is 14.6. The Morgan fingerprint density at radius 1 is 1.08 bits per heavy atom. The number of hydrogen-bond acceptors (Lipinski definition) is 7. The lowest BCUT2D eigenvalue weighted by Gasteiger charge is -2.41. The topological polar surface area (TPSA) is 84.4 Å². The van der Waals surface area contributed by atoms with Crippen molar-refractivity contribution in [2.75, 3.05) is 51.4 Å². The molecule has 2 saturated heterocycles. The lowest BCUT2D eigenvalue weighted by Crippen LogP contribution is -2.39. The Bertz CT molecular complexity index is 1570. The van der Waals surface area contributed by atoms with Crippen molar-refractivity contribution in [3.05, 3.63) is 76.9 Å². The predicted octanol–water partition coefficient (Wildman–Crippen LogP) is 8.24. The lowest BCUT2D eigenvalue weighted by molar-refractivity contribution is -0.160. The third kappa shape index (κ3) is 10.0. The first-order valence-electron chi connectivity index (χ1n) is 18.1. The number of carbonyl (C=O) groups is 1. The van der Waals surface area contributed by atoms with Gasteiger partial charge in [0.05, 0.1) is 23.6 Å². The number of carboxylic acids is 1. The Morgan fingerprint density at radius 2 is 1.72 bits per heavy atom. The van der Waals surface area contributed by atoms with Crippen LogP contribution >= 0.6 is 0 Å². The summed E-state index contributed by atoms with van der Waals surface area (Å²) in [6.45, 7) is 17.4. The van der Waals surface area contributed by atoms with E-state index in [1.807, 2.05) is 39.8 Å². The summed E-state index contributed by atoms with van der Waals surface area (Å²) in [5.41, 5.74) is 5.56. The van der Waals surface area contributed by atoms with Gasteiger partial charge in [0.2, 0.25) is 0 Å². The van der Waals surface area contributed by atoms with Gasteiger partial charge in [-0.25, -0.2) is 9.18 Å². The van der Waals surface area contributed by atoms with Crippen LogP contribution in [0, 0.1) is 24.1 Å². The Morgan fingerprint density at radius 3 is 2.32 bits per heavy atom. The fourth-order valence-corrected chi connectivity index (χ4v) is 7.09. The molecule has 0 aliphatic carbocycles. The van der Waals surface area contributed by atoms with E-state index in [2.05, 4.69) is 42.8 Å². The number of rotatable bonds is 13. The molecule has 1 atom stereocenters. The van der Waals surface area contributed by atoms with Gasteiger partial charge in [-0.1, -0.05) is 38.1 Å². The molecule has 5 rings (SSSR count). The molecule has 3 aromatic rings. The highest BCUT2D eigenvalue weighted by Crippen LogP contribution is 2.45. The van der Waals surface area contributed by atoms with Crippen molar-refractivity contribution < 1.29 is 28.5 Å². The number of halogens is 1. The molecule has 3 heterocycles. The van der Waals surface area contributed by atoms with E-state index in [9.17, 15) is 14.3 Å². The molecule has 2 aromatic carbocycles. The molecule has 0 amide bonds. The smallest absolute Gasteiger partial charge is 0.337 e. The van der Waals surface area contributed by atoms with Crippen LogP contribution in [0.4, 0.5) is 10.1 Å². The zero-order chi connectivity index (χ0) is 36.1. The Hall–Kier alpha value is -3.53. The minimum atomic E-state index is -1.19. The summed E-state index contributed by atoms with van der Waals surface area (Å²) in [4.78, 5) is 23.0. The summed E-state index contributed by atoms with van der Waals surface area (Å²) >= 11 is 0. The second-order valence-electron chi connectivity index (χ2n) is 15.9. The third-order valence-electron chi connectivity index (χ3n) is 9.91. The molecule has 0 spiro atoms. The van der Waals surface area contributed by atoms with Gasteiger partial charge in [-0.2, -0.15) is 0 Å². The quantitative estimate of drug-likeness (QED) is 0.192. The molecule has 1 N–H and O–H groups in total. The van der Waals surface area contributed by atoms with Crippen LogP contribution in [-0.4, -0.2) is 73.1 Å². The molecule has 0 radical (unpaired) electrons. The van der Waals surface area contributed by atoms with Crippen molar-refractivity contribution in [3.8, 4) is 16.9 Å². The highest BCUT2D eigenvalue weighted by atomic mass is 19.1. The van der Waals surface area contributed by atoms with Crippen LogP contribution in [0.2, 0.25) is 0 Å². The van der Waals surface area contributed by atoms with Crippen LogP contribution in [0.25, 0.3) is 11.1 Å². The van der Waals surface area contributed by atoms with Crippen LogP contribution in [0.1, 0.15) is 88.9 Å². The number of hydrogen-bond donors (Lipinski definition) is 1. The highest BCUT2D eigenvalue weighted by molar-refractivity contribution is 5.88. The van der Waals surface area contributed by atoms with E-state index in [-0.39, 0.29) is 11.2 Å². The van der Waals surface area contributed by atoms with Crippen LogP contribution < -0.4 is 9.64 Å². The first kappa shape index (κ1) is 37.7. The maximum absolute atomic E-state index is 13.4. The first-order valence-corrected chi connectivity index (χ1v) is 18.1. The summed E-state index contributed by atoms with van der Waals surface area (Å²) in [7, 11) is 2.15. The summed E-state index contributed by atoms with van der Waals surface area (Å²) in [6.07, 6.45) is 3.55. The van der Waals surface area contributed by atoms with E-state index in [0.717, 1.165) is 92.4 Å². The minimum absolute atomic E-state index is 0.201. The Labute approximate surface area is 297 Å². The van der Waals surface area contributed by atoms with Crippen molar-refractivity contribution >= 4 is 11.7 Å². The molecule has 50 heavy (non-hydrogen) atoms.